The quantitative estimate of drug-likeness (QED) is 0.647. The van der Waals surface area contributed by atoms with Crippen LogP contribution in [0.2, 0.25) is 0 Å². The number of aliphatic hydroxyl groups is 1. The molecule has 0 saturated carbocycles. The molecule has 0 aliphatic rings. The molecule has 1 unspecified atom stereocenters. The van der Waals surface area contributed by atoms with Crippen LogP contribution in [0.25, 0.3) is 0 Å². The molecule has 0 aliphatic carbocycles. The Balaban J connectivity index is 2.29. The number of unbranched alkanes of at least 4 members (excludes halogenated alkanes) is 1. The fourth-order valence-corrected chi connectivity index (χ4v) is 1.87. The minimum absolute atomic E-state index is 0.162. The molecular formula is C16H27NO3. The summed E-state index contributed by atoms with van der Waals surface area (Å²) < 4.78 is 10.6. The van der Waals surface area contributed by atoms with Crippen molar-refractivity contribution in [2.45, 2.75) is 38.8 Å². The lowest BCUT2D eigenvalue weighted by atomic mass is 10.1. The summed E-state index contributed by atoms with van der Waals surface area (Å²) in [5, 5.41) is 13.1. The molecule has 4 nitrogen and oxygen atoms in total. The molecule has 2 atom stereocenters. The van der Waals surface area contributed by atoms with E-state index in [1.54, 1.807) is 7.11 Å². The monoisotopic (exact) mass is 281 g/mol. The van der Waals surface area contributed by atoms with Gasteiger partial charge in [0.05, 0.1) is 19.8 Å². The van der Waals surface area contributed by atoms with Crippen molar-refractivity contribution in [2.75, 3.05) is 26.9 Å². The Labute approximate surface area is 122 Å². The predicted molar refractivity (Wildman–Crippen MR) is 81.1 cm³/mol. The van der Waals surface area contributed by atoms with Crippen molar-refractivity contribution in [1.82, 2.24) is 5.32 Å². The standard InChI is InChI=1S/C16H27NO3/c1-4-5-9-20-12-15(18)11-17-13(2)14-7-6-8-16(10-14)19-3/h6-8,10,13,15,17-18H,4-5,9,11-12H2,1-3H3/t13-,15?/m0/s1. The predicted octanol–water partition coefficient (Wildman–Crippen LogP) is 2.52. The van der Waals surface area contributed by atoms with Gasteiger partial charge in [-0.2, -0.15) is 0 Å². The first-order valence-electron chi connectivity index (χ1n) is 7.30. The average molecular weight is 281 g/mol. The third-order valence-corrected chi connectivity index (χ3v) is 3.21. The summed E-state index contributed by atoms with van der Waals surface area (Å²) in [7, 11) is 1.66. The Bertz CT molecular complexity index is 370. The molecule has 1 rings (SSSR count). The number of methoxy groups -OCH3 is 1. The maximum Gasteiger partial charge on any atom is 0.119 e. The van der Waals surface area contributed by atoms with Gasteiger partial charge in [-0.25, -0.2) is 0 Å². The van der Waals surface area contributed by atoms with Gasteiger partial charge in [0.15, 0.2) is 0 Å². The van der Waals surface area contributed by atoms with E-state index in [9.17, 15) is 5.11 Å². The highest BCUT2D eigenvalue weighted by Crippen LogP contribution is 2.18. The molecule has 4 heteroatoms. The van der Waals surface area contributed by atoms with Gasteiger partial charge in [0, 0.05) is 19.2 Å². The molecule has 114 valence electrons. The molecule has 20 heavy (non-hydrogen) atoms. The number of hydrogen-bond donors (Lipinski definition) is 2. The van der Waals surface area contributed by atoms with Crippen LogP contribution < -0.4 is 10.1 Å². The summed E-state index contributed by atoms with van der Waals surface area (Å²) in [5.74, 6) is 0.847. The van der Waals surface area contributed by atoms with Crippen molar-refractivity contribution in [2.24, 2.45) is 0 Å². The highest BCUT2D eigenvalue weighted by atomic mass is 16.5. The fourth-order valence-electron chi connectivity index (χ4n) is 1.87. The summed E-state index contributed by atoms with van der Waals surface area (Å²) in [6, 6.07) is 8.10. The van der Waals surface area contributed by atoms with Crippen molar-refractivity contribution >= 4 is 0 Å². The molecule has 0 amide bonds. The van der Waals surface area contributed by atoms with Gasteiger partial charge in [-0.3, -0.25) is 0 Å². The molecule has 2 N–H and O–H groups in total. The molecular weight excluding hydrogens is 254 g/mol. The Morgan fingerprint density at radius 1 is 1.35 bits per heavy atom. The second-order valence-corrected chi connectivity index (χ2v) is 4.99. The lowest BCUT2D eigenvalue weighted by molar-refractivity contribution is 0.0348. The van der Waals surface area contributed by atoms with E-state index in [4.69, 9.17) is 9.47 Å². The Morgan fingerprint density at radius 2 is 2.15 bits per heavy atom. The smallest absolute Gasteiger partial charge is 0.119 e. The van der Waals surface area contributed by atoms with E-state index in [1.165, 1.54) is 0 Å². The van der Waals surface area contributed by atoms with E-state index in [-0.39, 0.29) is 6.04 Å². The first-order valence-corrected chi connectivity index (χ1v) is 7.30. The second-order valence-electron chi connectivity index (χ2n) is 4.99. The maximum atomic E-state index is 9.83. The van der Waals surface area contributed by atoms with Crippen molar-refractivity contribution in [3.05, 3.63) is 29.8 Å². The molecule has 1 aromatic rings. The molecule has 0 saturated heterocycles. The molecule has 0 bridgehead atoms. The highest BCUT2D eigenvalue weighted by Gasteiger charge is 2.09. The lowest BCUT2D eigenvalue weighted by Gasteiger charge is -2.18. The Kier molecular flexibility index (Phi) is 8.26. The zero-order valence-electron chi connectivity index (χ0n) is 12.8. The molecule has 0 fully saturated rings. The van der Waals surface area contributed by atoms with Crippen LogP contribution in [-0.4, -0.2) is 38.1 Å². The van der Waals surface area contributed by atoms with Crippen molar-refractivity contribution in [3.63, 3.8) is 0 Å². The van der Waals surface area contributed by atoms with Crippen LogP contribution in [0.4, 0.5) is 0 Å². The average Bonchev–Trinajstić information content (AvgIpc) is 2.49. The zero-order valence-corrected chi connectivity index (χ0v) is 12.8. The van der Waals surface area contributed by atoms with Gasteiger partial charge in [0.25, 0.3) is 0 Å². The largest absolute Gasteiger partial charge is 0.497 e. The van der Waals surface area contributed by atoms with Crippen molar-refractivity contribution in [1.29, 1.82) is 0 Å². The lowest BCUT2D eigenvalue weighted by Crippen LogP contribution is -2.32. The van der Waals surface area contributed by atoms with Gasteiger partial charge < -0.3 is 19.9 Å². The zero-order chi connectivity index (χ0) is 14.8. The third kappa shape index (κ3) is 6.37. The van der Waals surface area contributed by atoms with E-state index in [1.807, 2.05) is 24.3 Å². The molecule has 1 aromatic carbocycles. The molecule has 0 radical (unpaired) electrons. The first kappa shape index (κ1) is 17.0. The number of benzene rings is 1. The van der Waals surface area contributed by atoms with Crippen LogP contribution >= 0.6 is 0 Å². The summed E-state index contributed by atoms with van der Waals surface area (Å²) in [6.45, 7) is 5.82. The van der Waals surface area contributed by atoms with Gasteiger partial charge >= 0.3 is 0 Å². The maximum absolute atomic E-state index is 9.83. The topological polar surface area (TPSA) is 50.7 Å². The summed E-state index contributed by atoms with van der Waals surface area (Å²) in [4.78, 5) is 0. The van der Waals surface area contributed by atoms with Crippen LogP contribution in [0.5, 0.6) is 5.75 Å². The van der Waals surface area contributed by atoms with Crippen LogP contribution in [0, 0.1) is 0 Å². The molecule has 0 heterocycles. The van der Waals surface area contributed by atoms with E-state index in [0.29, 0.717) is 13.2 Å². The summed E-state index contributed by atoms with van der Waals surface area (Å²) in [6.07, 6.45) is 1.68. The van der Waals surface area contributed by atoms with Gasteiger partial charge in [0.2, 0.25) is 0 Å². The number of nitrogens with one attached hydrogen (secondary N) is 1. The van der Waals surface area contributed by atoms with E-state index in [0.717, 1.165) is 30.8 Å². The van der Waals surface area contributed by atoms with Crippen LogP contribution in [-0.2, 0) is 4.74 Å². The van der Waals surface area contributed by atoms with Gasteiger partial charge in [0.1, 0.15) is 5.75 Å². The normalized spacial score (nSPS) is 14.0. The number of rotatable bonds is 10. The van der Waals surface area contributed by atoms with Gasteiger partial charge in [-0.15, -0.1) is 0 Å². The highest BCUT2D eigenvalue weighted by molar-refractivity contribution is 5.30. The van der Waals surface area contributed by atoms with Gasteiger partial charge in [-0.1, -0.05) is 25.5 Å². The molecule has 0 spiro atoms. The van der Waals surface area contributed by atoms with Crippen LogP contribution in [0.1, 0.15) is 38.3 Å². The minimum Gasteiger partial charge on any atom is -0.497 e. The second kappa shape index (κ2) is 9.75. The van der Waals surface area contributed by atoms with Gasteiger partial charge in [-0.05, 0) is 31.0 Å². The number of hydrogen-bond acceptors (Lipinski definition) is 4. The van der Waals surface area contributed by atoms with Crippen LogP contribution in [0.3, 0.4) is 0 Å². The first-order chi connectivity index (χ1) is 9.67. The number of aliphatic hydroxyl groups excluding tert-OH is 1. The Morgan fingerprint density at radius 3 is 2.85 bits per heavy atom. The van der Waals surface area contributed by atoms with Crippen molar-refractivity contribution < 1.29 is 14.6 Å². The minimum atomic E-state index is -0.472. The van der Waals surface area contributed by atoms with E-state index in [2.05, 4.69) is 19.2 Å². The number of ether oxygens (including phenoxy) is 2. The third-order valence-electron chi connectivity index (χ3n) is 3.21. The Hall–Kier alpha value is -1.10. The molecule has 0 aliphatic heterocycles. The SMILES string of the molecule is CCCCOCC(O)CN[C@@H](C)c1cccc(OC)c1. The summed E-state index contributed by atoms with van der Waals surface area (Å²) in [5.41, 5.74) is 1.14. The summed E-state index contributed by atoms with van der Waals surface area (Å²) >= 11 is 0. The molecule has 0 aromatic heterocycles. The van der Waals surface area contributed by atoms with Crippen LogP contribution in [0.15, 0.2) is 24.3 Å². The van der Waals surface area contributed by atoms with E-state index < -0.39 is 6.10 Å². The fraction of sp³-hybridized carbons (Fsp3) is 0.625. The van der Waals surface area contributed by atoms with E-state index >= 15 is 0 Å². The van der Waals surface area contributed by atoms with Crippen molar-refractivity contribution in [3.8, 4) is 5.75 Å².